The smallest absolute Gasteiger partial charge is 0.255 e. The summed E-state index contributed by atoms with van der Waals surface area (Å²) >= 11 is 6.33. The molecule has 0 unspecified atom stereocenters. The number of carbonyl (C=O) groups excluding carboxylic acids is 2. The van der Waals surface area contributed by atoms with Crippen molar-refractivity contribution in [3.8, 4) is 0 Å². The minimum absolute atomic E-state index is 0.0207. The summed E-state index contributed by atoms with van der Waals surface area (Å²) in [7, 11) is 3.85. The lowest BCUT2D eigenvalue weighted by Crippen LogP contribution is -2.31. The molecule has 5 nitrogen and oxygen atoms in total. The number of benzene rings is 3. The summed E-state index contributed by atoms with van der Waals surface area (Å²) in [5.74, 6) is -0.510. The molecule has 0 bridgehead atoms. The zero-order valence-corrected chi connectivity index (χ0v) is 20.0. The quantitative estimate of drug-likeness (QED) is 0.448. The Bertz CT molecular complexity index is 1210. The Kier molecular flexibility index (Phi) is 7.17. The van der Waals surface area contributed by atoms with Crippen LogP contribution in [0.3, 0.4) is 0 Å². The SMILES string of the molecule is CN(C)c1ccc(NC(=O)C2CC2)cc1CN(Cc1cccc(F)c1)C(=O)c1ccccc1Cl. The summed E-state index contributed by atoms with van der Waals surface area (Å²) in [6, 6.07) is 18.8. The largest absolute Gasteiger partial charge is 0.377 e. The van der Waals surface area contributed by atoms with E-state index in [4.69, 9.17) is 11.6 Å². The number of nitrogens with zero attached hydrogens (tertiary/aromatic N) is 2. The highest BCUT2D eigenvalue weighted by Crippen LogP contribution is 2.32. The van der Waals surface area contributed by atoms with E-state index in [1.54, 1.807) is 41.3 Å². The first-order chi connectivity index (χ1) is 16.3. The molecule has 1 fully saturated rings. The van der Waals surface area contributed by atoms with Crippen molar-refractivity contribution in [1.82, 2.24) is 4.90 Å². The Labute approximate surface area is 204 Å². The normalized spacial score (nSPS) is 12.8. The van der Waals surface area contributed by atoms with Crippen LogP contribution in [0.2, 0.25) is 5.02 Å². The third-order valence-corrected chi connectivity index (χ3v) is 6.12. The summed E-state index contributed by atoms with van der Waals surface area (Å²) in [5.41, 5.74) is 3.51. The van der Waals surface area contributed by atoms with Gasteiger partial charge in [0.25, 0.3) is 5.91 Å². The molecule has 3 aromatic carbocycles. The average Bonchev–Trinajstić information content (AvgIpc) is 3.64. The molecule has 2 amide bonds. The maximum atomic E-state index is 13.9. The van der Waals surface area contributed by atoms with E-state index in [1.165, 1.54) is 12.1 Å². The summed E-state index contributed by atoms with van der Waals surface area (Å²) in [4.78, 5) is 29.5. The Hall–Kier alpha value is -3.38. The minimum atomic E-state index is -0.360. The number of hydrogen-bond acceptors (Lipinski definition) is 3. The molecule has 1 saturated carbocycles. The van der Waals surface area contributed by atoms with Crippen molar-refractivity contribution in [2.24, 2.45) is 5.92 Å². The van der Waals surface area contributed by atoms with Crippen LogP contribution in [0.1, 0.15) is 34.3 Å². The Morgan fingerprint density at radius 2 is 1.76 bits per heavy atom. The predicted octanol–water partition coefficient (Wildman–Crippen LogP) is 5.74. The first kappa shape index (κ1) is 23.8. The molecule has 0 spiro atoms. The maximum Gasteiger partial charge on any atom is 0.255 e. The van der Waals surface area contributed by atoms with Gasteiger partial charge in [-0.25, -0.2) is 4.39 Å². The lowest BCUT2D eigenvalue weighted by atomic mass is 10.1. The molecule has 0 saturated heterocycles. The Balaban J connectivity index is 1.68. The van der Waals surface area contributed by atoms with Gasteiger partial charge in [-0.1, -0.05) is 35.9 Å². The van der Waals surface area contributed by atoms with Crippen LogP contribution in [0.4, 0.5) is 15.8 Å². The van der Waals surface area contributed by atoms with Crippen molar-refractivity contribution in [3.05, 3.63) is 94.3 Å². The maximum absolute atomic E-state index is 13.9. The highest BCUT2D eigenvalue weighted by molar-refractivity contribution is 6.33. The second kappa shape index (κ2) is 10.3. The molecule has 0 aliphatic heterocycles. The first-order valence-corrected chi connectivity index (χ1v) is 11.6. The summed E-state index contributed by atoms with van der Waals surface area (Å²) in [6.45, 7) is 0.453. The fraction of sp³-hybridized carbons (Fsp3) is 0.259. The van der Waals surface area contributed by atoms with Crippen LogP contribution >= 0.6 is 11.6 Å². The molecule has 34 heavy (non-hydrogen) atoms. The van der Waals surface area contributed by atoms with Crippen LogP contribution in [-0.2, 0) is 17.9 Å². The molecular formula is C27H27ClFN3O2. The molecular weight excluding hydrogens is 453 g/mol. The topological polar surface area (TPSA) is 52.7 Å². The second-order valence-corrected chi connectivity index (χ2v) is 9.18. The zero-order valence-electron chi connectivity index (χ0n) is 19.2. The van der Waals surface area contributed by atoms with E-state index < -0.39 is 0 Å². The van der Waals surface area contributed by atoms with E-state index in [0.717, 1.165) is 24.1 Å². The van der Waals surface area contributed by atoms with Crippen LogP contribution in [-0.4, -0.2) is 30.8 Å². The second-order valence-electron chi connectivity index (χ2n) is 8.77. The van der Waals surface area contributed by atoms with Crippen molar-refractivity contribution in [1.29, 1.82) is 0 Å². The van der Waals surface area contributed by atoms with Crippen LogP contribution in [0.15, 0.2) is 66.7 Å². The van der Waals surface area contributed by atoms with E-state index in [9.17, 15) is 14.0 Å². The van der Waals surface area contributed by atoms with Gasteiger partial charge in [-0.05, 0) is 66.4 Å². The van der Waals surface area contributed by atoms with E-state index in [1.807, 2.05) is 37.2 Å². The van der Waals surface area contributed by atoms with Crippen LogP contribution in [0.5, 0.6) is 0 Å². The molecule has 0 radical (unpaired) electrons. The molecule has 4 rings (SSSR count). The molecule has 0 aromatic heterocycles. The average molecular weight is 480 g/mol. The number of rotatable bonds is 8. The predicted molar refractivity (Wildman–Crippen MR) is 134 cm³/mol. The van der Waals surface area contributed by atoms with Gasteiger partial charge in [0.2, 0.25) is 5.91 Å². The lowest BCUT2D eigenvalue weighted by molar-refractivity contribution is -0.117. The number of carbonyl (C=O) groups is 2. The van der Waals surface area contributed by atoms with Gasteiger partial charge in [0.05, 0.1) is 10.6 Å². The lowest BCUT2D eigenvalue weighted by Gasteiger charge is -2.27. The third-order valence-electron chi connectivity index (χ3n) is 5.79. The fourth-order valence-electron chi connectivity index (χ4n) is 3.88. The van der Waals surface area contributed by atoms with Gasteiger partial charge in [0, 0.05) is 44.5 Å². The number of halogens is 2. The standard InChI is InChI=1S/C27H27ClFN3O2/c1-31(2)25-13-12-22(30-26(33)19-10-11-19)15-20(25)17-32(16-18-6-5-7-21(29)14-18)27(34)23-8-3-4-9-24(23)28/h3-9,12-15,19H,10-11,16-17H2,1-2H3,(H,30,33). The number of nitrogens with one attached hydrogen (secondary N) is 1. The number of amides is 2. The summed E-state index contributed by atoms with van der Waals surface area (Å²) < 4.78 is 13.9. The monoisotopic (exact) mass is 479 g/mol. The van der Waals surface area contributed by atoms with Gasteiger partial charge < -0.3 is 15.1 Å². The molecule has 0 atom stereocenters. The number of hydrogen-bond donors (Lipinski definition) is 1. The van der Waals surface area contributed by atoms with E-state index >= 15 is 0 Å². The molecule has 176 valence electrons. The van der Waals surface area contributed by atoms with Crippen molar-refractivity contribution < 1.29 is 14.0 Å². The van der Waals surface area contributed by atoms with Crippen molar-refractivity contribution in [2.45, 2.75) is 25.9 Å². The van der Waals surface area contributed by atoms with E-state index in [0.29, 0.717) is 21.8 Å². The zero-order chi connectivity index (χ0) is 24.2. The van der Waals surface area contributed by atoms with E-state index in [-0.39, 0.29) is 36.6 Å². The Morgan fingerprint density at radius 3 is 2.44 bits per heavy atom. The summed E-state index contributed by atoms with van der Waals surface area (Å²) in [6.07, 6.45) is 1.84. The third kappa shape index (κ3) is 5.75. The van der Waals surface area contributed by atoms with Crippen LogP contribution in [0.25, 0.3) is 0 Å². The Morgan fingerprint density at radius 1 is 1.00 bits per heavy atom. The van der Waals surface area contributed by atoms with Gasteiger partial charge in [0.1, 0.15) is 5.82 Å². The molecule has 1 aliphatic carbocycles. The minimum Gasteiger partial charge on any atom is -0.377 e. The molecule has 1 aliphatic rings. The van der Waals surface area contributed by atoms with Crippen molar-refractivity contribution >= 4 is 34.8 Å². The first-order valence-electron chi connectivity index (χ1n) is 11.2. The fourth-order valence-corrected chi connectivity index (χ4v) is 4.10. The van der Waals surface area contributed by atoms with Crippen molar-refractivity contribution in [3.63, 3.8) is 0 Å². The molecule has 1 N–H and O–H groups in total. The van der Waals surface area contributed by atoms with Gasteiger partial charge in [-0.2, -0.15) is 0 Å². The molecule has 3 aromatic rings. The van der Waals surface area contributed by atoms with Crippen LogP contribution < -0.4 is 10.2 Å². The van der Waals surface area contributed by atoms with Gasteiger partial charge in [-0.15, -0.1) is 0 Å². The molecule has 0 heterocycles. The van der Waals surface area contributed by atoms with Crippen LogP contribution in [0, 0.1) is 11.7 Å². The number of anilines is 2. The molecule has 7 heteroatoms. The van der Waals surface area contributed by atoms with Gasteiger partial charge in [0.15, 0.2) is 0 Å². The summed E-state index contributed by atoms with van der Waals surface area (Å²) in [5, 5.41) is 3.34. The van der Waals surface area contributed by atoms with Gasteiger partial charge in [-0.3, -0.25) is 9.59 Å². The van der Waals surface area contributed by atoms with E-state index in [2.05, 4.69) is 5.32 Å². The van der Waals surface area contributed by atoms with Gasteiger partial charge >= 0.3 is 0 Å². The highest BCUT2D eigenvalue weighted by Gasteiger charge is 2.29. The highest BCUT2D eigenvalue weighted by atomic mass is 35.5. The van der Waals surface area contributed by atoms with Crippen molar-refractivity contribution in [2.75, 3.05) is 24.3 Å².